The van der Waals surface area contributed by atoms with Gasteiger partial charge in [-0.3, -0.25) is 15.0 Å². The largest absolute Gasteiger partial charge is 0.393 e. The Balaban J connectivity index is 2.61. The number of rotatable bonds is 9. The van der Waals surface area contributed by atoms with Gasteiger partial charge in [-0.15, -0.1) is 0 Å². The van der Waals surface area contributed by atoms with E-state index in [9.17, 15) is 19.2 Å². The Kier molecular flexibility index (Phi) is 12.5. The number of nitrogens with zero attached hydrogens (tertiary/aromatic N) is 3. The van der Waals surface area contributed by atoms with Gasteiger partial charge in [-0.1, -0.05) is 36.8 Å². The minimum absolute atomic E-state index is 0.0358. The maximum Gasteiger partial charge on any atom is 0.351 e. The number of urea groups is 1. The van der Waals surface area contributed by atoms with Crippen molar-refractivity contribution in [2.45, 2.75) is 40.7 Å². The number of halogens is 2. The number of hydrogen-bond acceptors (Lipinski definition) is 5. The second-order valence-electron chi connectivity index (χ2n) is 8.74. The highest BCUT2D eigenvalue weighted by Crippen LogP contribution is 2.25. The van der Waals surface area contributed by atoms with Gasteiger partial charge in [0.25, 0.3) is 0 Å². The molecule has 214 valence electrons. The predicted molar refractivity (Wildman–Crippen MR) is 160 cm³/mol. The van der Waals surface area contributed by atoms with E-state index in [1.807, 2.05) is 32.9 Å². The van der Waals surface area contributed by atoms with Gasteiger partial charge in [0.15, 0.2) is 0 Å². The summed E-state index contributed by atoms with van der Waals surface area (Å²) in [6, 6.07) is 3.33. The first-order chi connectivity index (χ1) is 19.6. The number of guanidine groups is 1. The standard InChI is InChI=1S/C30H33ClFN7O2/c1-6-9-19(4)10-24(8-3)39(17-23-11-21(15-33)26(32)14-25(23)31)30(41)38-29(36-18-40)37-28-13-22(16-35-5)27(34)12-20(28)7-2/h6,8-14,16,18,34-35H,7,17H2,1-5H3,(H2,36,37,38,40,41)/b9-6-,19-10-,22-16-,24-8+,34-27?. The smallest absolute Gasteiger partial charge is 0.351 e. The molecule has 1 aromatic rings. The average molecular weight is 578 g/mol. The molecule has 0 heterocycles. The molecular formula is C30H33ClFN7O2. The van der Waals surface area contributed by atoms with Crippen LogP contribution in [0.3, 0.4) is 0 Å². The van der Waals surface area contributed by atoms with Gasteiger partial charge in [0, 0.05) is 35.2 Å². The van der Waals surface area contributed by atoms with E-state index in [-0.39, 0.29) is 23.1 Å². The minimum atomic E-state index is -0.769. The van der Waals surface area contributed by atoms with Crippen molar-refractivity contribution in [1.82, 2.24) is 20.9 Å². The second-order valence-corrected chi connectivity index (χ2v) is 9.14. The molecule has 0 aliphatic heterocycles. The topological polar surface area (TPSA) is 133 Å². The van der Waals surface area contributed by atoms with E-state index >= 15 is 0 Å². The molecule has 1 aliphatic rings. The third-order valence-corrected chi connectivity index (χ3v) is 6.19. The Morgan fingerprint density at radius 1 is 1.29 bits per heavy atom. The molecule has 41 heavy (non-hydrogen) atoms. The lowest BCUT2D eigenvalue weighted by molar-refractivity contribution is -0.108. The number of hydrogen-bond donors (Lipinski definition) is 4. The molecule has 1 aliphatic carbocycles. The summed E-state index contributed by atoms with van der Waals surface area (Å²) in [4.78, 5) is 30.6. The van der Waals surface area contributed by atoms with Crippen molar-refractivity contribution in [3.63, 3.8) is 0 Å². The van der Waals surface area contributed by atoms with E-state index in [4.69, 9.17) is 17.0 Å². The van der Waals surface area contributed by atoms with Crippen molar-refractivity contribution in [1.29, 1.82) is 10.7 Å². The number of nitriles is 1. The van der Waals surface area contributed by atoms with Crippen molar-refractivity contribution >= 4 is 35.7 Å². The molecule has 1 aromatic carbocycles. The van der Waals surface area contributed by atoms with Gasteiger partial charge in [-0.05, 0) is 74.3 Å². The van der Waals surface area contributed by atoms with Crippen LogP contribution in [0.15, 0.2) is 87.9 Å². The van der Waals surface area contributed by atoms with Crippen LogP contribution in [0, 0.1) is 22.6 Å². The summed E-state index contributed by atoms with van der Waals surface area (Å²) in [6.45, 7) is 7.24. The van der Waals surface area contributed by atoms with E-state index in [0.29, 0.717) is 41.1 Å². The van der Waals surface area contributed by atoms with Gasteiger partial charge < -0.3 is 16.0 Å². The van der Waals surface area contributed by atoms with Crippen molar-refractivity contribution in [2.24, 2.45) is 4.99 Å². The molecule has 11 heteroatoms. The van der Waals surface area contributed by atoms with E-state index < -0.39 is 11.8 Å². The normalized spacial score (nSPS) is 15.3. The first-order valence-electron chi connectivity index (χ1n) is 12.7. The molecule has 0 saturated heterocycles. The zero-order valence-corrected chi connectivity index (χ0v) is 24.4. The first-order valence-corrected chi connectivity index (χ1v) is 13.1. The molecule has 0 radical (unpaired) electrons. The Labute approximate surface area is 244 Å². The van der Waals surface area contributed by atoms with Gasteiger partial charge in [0.2, 0.25) is 12.4 Å². The van der Waals surface area contributed by atoms with Crippen LogP contribution in [0.4, 0.5) is 9.18 Å². The van der Waals surface area contributed by atoms with Crippen LogP contribution in [0.25, 0.3) is 0 Å². The molecular weight excluding hydrogens is 545 g/mol. The van der Waals surface area contributed by atoms with Crippen molar-refractivity contribution in [3.05, 3.63) is 105 Å². The molecule has 3 amide bonds. The molecule has 9 nitrogen and oxygen atoms in total. The first kappa shape index (κ1) is 32.5. The number of benzene rings is 1. The Hall–Kier alpha value is -4.75. The number of aliphatic imine (C=N–C) groups is 1. The number of nitrogens with one attached hydrogen (secondary N) is 4. The van der Waals surface area contributed by atoms with Gasteiger partial charge in [-0.2, -0.15) is 10.3 Å². The maximum atomic E-state index is 14.1. The van der Waals surface area contributed by atoms with Crippen LogP contribution >= 0.6 is 11.6 Å². The van der Waals surface area contributed by atoms with E-state index in [1.165, 1.54) is 11.0 Å². The minimum Gasteiger partial charge on any atom is -0.393 e. The average Bonchev–Trinajstić information content (AvgIpc) is 2.93. The molecule has 0 bridgehead atoms. The number of allylic oxidation sites excluding steroid dienone is 9. The molecule has 2 rings (SSSR count). The Bertz CT molecular complexity index is 1460. The van der Waals surface area contributed by atoms with Gasteiger partial charge in [-0.25, -0.2) is 9.18 Å². The van der Waals surface area contributed by atoms with Crippen LogP contribution in [0.1, 0.15) is 45.2 Å². The fraction of sp³-hybridized carbons (Fsp3) is 0.233. The summed E-state index contributed by atoms with van der Waals surface area (Å²) in [7, 11) is 1.71. The Morgan fingerprint density at radius 2 is 2.02 bits per heavy atom. The molecule has 0 spiro atoms. The maximum absolute atomic E-state index is 14.1. The van der Waals surface area contributed by atoms with Crippen LogP contribution in [0.5, 0.6) is 0 Å². The van der Waals surface area contributed by atoms with Crippen LogP contribution in [0.2, 0.25) is 5.02 Å². The lowest BCUT2D eigenvalue weighted by Gasteiger charge is -2.24. The van der Waals surface area contributed by atoms with Crippen molar-refractivity contribution in [2.75, 3.05) is 7.05 Å². The zero-order valence-electron chi connectivity index (χ0n) is 23.6. The zero-order chi connectivity index (χ0) is 30.5. The lowest BCUT2D eigenvalue weighted by Crippen LogP contribution is -2.39. The highest BCUT2D eigenvalue weighted by Gasteiger charge is 2.22. The van der Waals surface area contributed by atoms with E-state index in [1.54, 1.807) is 50.5 Å². The van der Waals surface area contributed by atoms with E-state index in [2.05, 4.69) is 20.9 Å². The number of carbonyl (C=O) groups excluding carboxylic acids is 2. The summed E-state index contributed by atoms with van der Waals surface area (Å²) in [5.41, 5.74) is 3.62. The summed E-state index contributed by atoms with van der Waals surface area (Å²) < 4.78 is 14.1. The van der Waals surface area contributed by atoms with Gasteiger partial charge in [0.05, 0.1) is 17.8 Å². The van der Waals surface area contributed by atoms with Crippen LogP contribution < -0.4 is 16.0 Å². The fourth-order valence-electron chi connectivity index (χ4n) is 3.88. The van der Waals surface area contributed by atoms with Crippen LogP contribution in [-0.4, -0.2) is 36.1 Å². The summed E-state index contributed by atoms with van der Waals surface area (Å²) in [5, 5.41) is 25.9. The predicted octanol–water partition coefficient (Wildman–Crippen LogP) is 5.75. The third kappa shape index (κ3) is 8.88. The SMILES string of the molecule is C\C=C/C(C)=C\C(=C/C)N(Cc1cc(C#N)c(F)cc1Cl)C(=O)/N=C(\NC=O)NC1=C/C(=C/NC)C(=N)C=C1CC. The number of amides is 3. The monoisotopic (exact) mass is 577 g/mol. The number of carbonyl (C=O) groups is 2. The molecule has 0 atom stereocenters. The van der Waals surface area contributed by atoms with Gasteiger partial charge in [0.1, 0.15) is 11.9 Å². The fourth-order valence-corrected chi connectivity index (χ4v) is 4.09. The third-order valence-electron chi connectivity index (χ3n) is 5.84. The molecule has 0 fully saturated rings. The van der Waals surface area contributed by atoms with Crippen molar-refractivity contribution < 1.29 is 14.0 Å². The molecule has 4 N–H and O–H groups in total. The quantitative estimate of drug-likeness (QED) is 0.128. The molecule has 0 aromatic heterocycles. The Morgan fingerprint density at radius 3 is 2.61 bits per heavy atom. The molecule has 0 saturated carbocycles. The summed E-state index contributed by atoms with van der Waals surface area (Å²) in [5.74, 6) is -0.917. The van der Waals surface area contributed by atoms with Crippen molar-refractivity contribution in [3.8, 4) is 6.07 Å². The summed E-state index contributed by atoms with van der Waals surface area (Å²) >= 11 is 6.30. The van der Waals surface area contributed by atoms with Gasteiger partial charge >= 0.3 is 6.03 Å². The second kappa shape index (κ2) is 15.7. The molecule has 0 unspecified atom stereocenters. The summed E-state index contributed by atoms with van der Waals surface area (Å²) in [6.07, 6.45) is 13.2. The highest BCUT2D eigenvalue weighted by atomic mass is 35.5. The highest BCUT2D eigenvalue weighted by molar-refractivity contribution is 6.31. The lowest BCUT2D eigenvalue weighted by atomic mass is 9.96. The van der Waals surface area contributed by atoms with Crippen LogP contribution in [-0.2, 0) is 11.3 Å². The van der Waals surface area contributed by atoms with E-state index in [0.717, 1.165) is 17.2 Å².